The standard InChI is InChI=1S/C15H29N3O2/c1-3-20-15(19)14(16-13-5-6-13)7-10-18-9-4-8-17(2)11-12-18/h13-14,16H,3-12H2,1-2H3. The van der Waals surface area contributed by atoms with Gasteiger partial charge in [0.05, 0.1) is 6.61 Å². The van der Waals surface area contributed by atoms with E-state index in [4.69, 9.17) is 4.74 Å². The van der Waals surface area contributed by atoms with Gasteiger partial charge in [0.1, 0.15) is 6.04 Å². The van der Waals surface area contributed by atoms with Crippen LogP contribution < -0.4 is 5.32 Å². The number of ether oxygens (including phenoxy) is 1. The van der Waals surface area contributed by atoms with E-state index in [-0.39, 0.29) is 12.0 Å². The molecule has 2 fully saturated rings. The highest BCUT2D eigenvalue weighted by molar-refractivity contribution is 5.75. The summed E-state index contributed by atoms with van der Waals surface area (Å²) in [4.78, 5) is 16.8. The van der Waals surface area contributed by atoms with Gasteiger partial charge in [-0.3, -0.25) is 4.79 Å². The molecule has 1 heterocycles. The molecule has 0 aromatic rings. The number of carbonyl (C=O) groups is 1. The maximum absolute atomic E-state index is 12.0. The first-order chi connectivity index (χ1) is 9.69. The zero-order valence-electron chi connectivity index (χ0n) is 12.9. The number of nitrogens with zero attached hydrogens (tertiary/aromatic N) is 2. The maximum Gasteiger partial charge on any atom is 0.323 e. The fourth-order valence-corrected chi connectivity index (χ4v) is 2.68. The second kappa shape index (κ2) is 7.96. The van der Waals surface area contributed by atoms with Crippen LogP contribution >= 0.6 is 0 Å². The molecule has 5 nitrogen and oxygen atoms in total. The van der Waals surface area contributed by atoms with Gasteiger partial charge in [0.2, 0.25) is 0 Å². The summed E-state index contributed by atoms with van der Waals surface area (Å²) in [6.07, 6.45) is 4.48. The number of carbonyl (C=O) groups excluding carboxylic acids is 1. The van der Waals surface area contributed by atoms with E-state index < -0.39 is 0 Å². The smallest absolute Gasteiger partial charge is 0.323 e. The summed E-state index contributed by atoms with van der Waals surface area (Å²) in [5, 5.41) is 3.43. The average Bonchev–Trinajstić information content (AvgIpc) is 3.24. The SMILES string of the molecule is CCOC(=O)C(CCN1CCCN(C)CC1)NC1CC1. The molecule has 1 aliphatic heterocycles. The minimum atomic E-state index is -0.122. The molecular weight excluding hydrogens is 254 g/mol. The van der Waals surface area contributed by atoms with Crippen LogP contribution in [0.25, 0.3) is 0 Å². The number of hydrogen-bond acceptors (Lipinski definition) is 5. The third-order valence-corrected chi connectivity index (χ3v) is 4.13. The van der Waals surface area contributed by atoms with Gasteiger partial charge in [-0.1, -0.05) is 0 Å². The second-order valence-electron chi connectivity index (χ2n) is 6.03. The van der Waals surface area contributed by atoms with E-state index in [0.29, 0.717) is 12.6 Å². The molecular formula is C15H29N3O2. The van der Waals surface area contributed by atoms with Gasteiger partial charge in [-0.15, -0.1) is 0 Å². The Morgan fingerprint density at radius 3 is 2.80 bits per heavy atom. The summed E-state index contributed by atoms with van der Waals surface area (Å²) in [6, 6.07) is 0.420. The van der Waals surface area contributed by atoms with Gasteiger partial charge in [-0.05, 0) is 52.7 Å². The minimum Gasteiger partial charge on any atom is -0.465 e. The van der Waals surface area contributed by atoms with Crippen molar-refractivity contribution < 1.29 is 9.53 Å². The van der Waals surface area contributed by atoms with Crippen molar-refractivity contribution in [1.82, 2.24) is 15.1 Å². The second-order valence-corrected chi connectivity index (χ2v) is 6.03. The van der Waals surface area contributed by atoms with Crippen LogP contribution in [-0.2, 0) is 9.53 Å². The summed E-state index contributed by atoms with van der Waals surface area (Å²) in [7, 11) is 2.18. The van der Waals surface area contributed by atoms with Crippen LogP contribution in [0, 0.1) is 0 Å². The number of likely N-dealkylation sites (N-methyl/N-ethyl adjacent to an activating group) is 1. The Balaban J connectivity index is 1.76. The highest BCUT2D eigenvalue weighted by atomic mass is 16.5. The van der Waals surface area contributed by atoms with Crippen LogP contribution in [0.2, 0.25) is 0 Å². The number of rotatable bonds is 7. The molecule has 2 aliphatic rings. The van der Waals surface area contributed by atoms with Crippen molar-refractivity contribution in [1.29, 1.82) is 0 Å². The van der Waals surface area contributed by atoms with E-state index in [2.05, 4.69) is 22.2 Å². The first kappa shape index (κ1) is 15.7. The van der Waals surface area contributed by atoms with Gasteiger partial charge < -0.3 is 19.9 Å². The van der Waals surface area contributed by atoms with Gasteiger partial charge in [0.25, 0.3) is 0 Å². The van der Waals surface area contributed by atoms with Crippen LogP contribution in [-0.4, -0.2) is 74.2 Å². The van der Waals surface area contributed by atoms with E-state index in [1.54, 1.807) is 0 Å². The molecule has 0 spiro atoms. The van der Waals surface area contributed by atoms with Crippen LogP contribution in [0.3, 0.4) is 0 Å². The van der Waals surface area contributed by atoms with E-state index in [1.807, 2.05) is 6.92 Å². The van der Waals surface area contributed by atoms with Gasteiger partial charge in [0.15, 0.2) is 0 Å². The van der Waals surface area contributed by atoms with Crippen molar-refractivity contribution in [3.8, 4) is 0 Å². The lowest BCUT2D eigenvalue weighted by atomic mass is 10.2. The third-order valence-electron chi connectivity index (χ3n) is 4.13. The van der Waals surface area contributed by atoms with Crippen LogP contribution in [0.4, 0.5) is 0 Å². The average molecular weight is 283 g/mol. The zero-order valence-corrected chi connectivity index (χ0v) is 12.9. The van der Waals surface area contributed by atoms with Crippen molar-refractivity contribution >= 4 is 5.97 Å². The lowest BCUT2D eigenvalue weighted by molar-refractivity contribution is -0.146. The fraction of sp³-hybridized carbons (Fsp3) is 0.933. The molecule has 0 aromatic carbocycles. The first-order valence-corrected chi connectivity index (χ1v) is 8.02. The van der Waals surface area contributed by atoms with Crippen LogP contribution in [0.15, 0.2) is 0 Å². The molecule has 1 saturated carbocycles. The van der Waals surface area contributed by atoms with Crippen molar-refractivity contribution in [3.05, 3.63) is 0 Å². The first-order valence-electron chi connectivity index (χ1n) is 8.02. The molecule has 0 amide bonds. The molecule has 0 bridgehead atoms. The molecule has 20 heavy (non-hydrogen) atoms. The normalized spacial score (nSPS) is 23.3. The van der Waals surface area contributed by atoms with Crippen LogP contribution in [0.1, 0.15) is 32.6 Å². The Morgan fingerprint density at radius 2 is 2.10 bits per heavy atom. The third kappa shape index (κ3) is 5.38. The Kier molecular flexibility index (Phi) is 6.26. The molecule has 1 aliphatic carbocycles. The molecule has 1 saturated heterocycles. The van der Waals surface area contributed by atoms with Crippen LogP contribution in [0.5, 0.6) is 0 Å². The molecule has 5 heteroatoms. The molecule has 0 radical (unpaired) electrons. The summed E-state index contributed by atoms with van der Waals surface area (Å²) in [6.45, 7) is 7.88. The molecule has 0 aromatic heterocycles. The lowest BCUT2D eigenvalue weighted by Gasteiger charge is -2.23. The number of hydrogen-bond donors (Lipinski definition) is 1. The van der Waals surface area contributed by atoms with Crippen molar-refractivity contribution in [2.24, 2.45) is 0 Å². The molecule has 2 rings (SSSR count). The molecule has 1 unspecified atom stereocenters. The van der Waals surface area contributed by atoms with E-state index in [0.717, 1.165) is 32.6 Å². The quantitative estimate of drug-likeness (QED) is 0.697. The molecule has 1 N–H and O–H groups in total. The van der Waals surface area contributed by atoms with Crippen molar-refractivity contribution in [2.75, 3.05) is 46.4 Å². The summed E-state index contributed by atoms with van der Waals surface area (Å²) >= 11 is 0. The molecule has 1 atom stereocenters. The summed E-state index contributed by atoms with van der Waals surface area (Å²) in [5.41, 5.74) is 0. The molecule has 116 valence electrons. The van der Waals surface area contributed by atoms with Gasteiger partial charge in [0, 0.05) is 25.7 Å². The summed E-state index contributed by atoms with van der Waals surface area (Å²) < 4.78 is 5.19. The predicted molar refractivity (Wildman–Crippen MR) is 79.7 cm³/mol. The van der Waals surface area contributed by atoms with E-state index in [1.165, 1.54) is 25.8 Å². The maximum atomic E-state index is 12.0. The fourth-order valence-electron chi connectivity index (χ4n) is 2.68. The van der Waals surface area contributed by atoms with Gasteiger partial charge in [-0.2, -0.15) is 0 Å². The Morgan fingerprint density at radius 1 is 1.30 bits per heavy atom. The topological polar surface area (TPSA) is 44.8 Å². The highest BCUT2D eigenvalue weighted by Crippen LogP contribution is 2.20. The number of nitrogens with one attached hydrogen (secondary N) is 1. The van der Waals surface area contributed by atoms with E-state index in [9.17, 15) is 4.79 Å². The lowest BCUT2D eigenvalue weighted by Crippen LogP contribution is -2.42. The predicted octanol–water partition coefficient (Wildman–Crippen LogP) is 0.698. The Labute approximate surface area is 122 Å². The Hall–Kier alpha value is -0.650. The van der Waals surface area contributed by atoms with E-state index >= 15 is 0 Å². The zero-order chi connectivity index (χ0) is 14.4. The number of esters is 1. The minimum absolute atomic E-state index is 0.0775. The highest BCUT2D eigenvalue weighted by Gasteiger charge is 2.29. The largest absolute Gasteiger partial charge is 0.465 e. The van der Waals surface area contributed by atoms with Crippen molar-refractivity contribution in [2.45, 2.75) is 44.7 Å². The van der Waals surface area contributed by atoms with Crippen molar-refractivity contribution in [3.63, 3.8) is 0 Å². The Bertz CT molecular complexity index is 307. The summed E-state index contributed by atoms with van der Waals surface area (Å²) in [5.74, 6) is -0.0775. The van der Waals surface area contributed by atoms with Gasteiger partial charge >= 0.3 is 5.97 Å². The monoisotopic (exact) mass is 283 g/mol. The van der Waals surface area contributed by atoms with Gasteiger partial charge in [-0.25, -0.2) is 0 Å².